The van der Waals surface area contributed by atoms with Crippen molar-refractivity contribution in [3.05, 3.63) is 18.5 Å². The van der Waals surface area contributed by atoms with E-state index in [2.05, 4.69) is 14.9 Å². The van der Waals surface area contributed by atoms with Crippen LogP contribution in [0.25, 0.3) is 0 Å². The summed E-state index contributed by atoms with van der Waals surface area (Å²) >= 11 is 0. The maximum absolute atomic E-state index is 13.1. The van der Waals surface area contributed by atoms with Gasteiger partial charge in [-0.1, -0.05) is 0 Å². The van der Waals surface area contributed by atoms with Gasteiger partial charge in [-0.25, -0.2) is 9.97 Å². The first-order valence-electron chi connectivity index (χ1n) is 8.43. The van der Waals surface area contributed by atoms with Crippen LogP contribution in [0, 0.1) is 11.3 Å². The molecule has 0 aromatic carbocycles. The number of nitrogens with zero attached hydrogens (tertiary/aromatic N) is 5. The number of hydrogen-bond donors (Lipinski definition) is 0. The van der Waals surface area contributed by atoms with Gasteiger partial charge in [-0.05, 0) is 18.9 Å². The third-order valence-corrected chi connectivity index (χ3v) is 5.30. The van der Waals surface area contributed by atoms with Crippen molar-refractivity contribution < 1.29 is 9.59 Å². The number of hydrogen-bond acceptors (Lipinski definition) is 5. The van der Waals surface area contributed by atoms with Gasteiger partial charge in [-0.3, -0.25) is 9.59 Å². The zero-order valence-corrected chi connectivity index (χ0v) is 14.6. The minimum atomic E-state index is -0.465. The quantitative estimate of drug-likeness (QED) is 0.795. The van der Waals surface area contributed by atoms with Crippen molar-refractivity contribution >= 4 is 17.8 Å². The van der Waals surface area contributed by atoms with Gasteiger partial charge in [-0.2, -0.15) is 0 Å². The lowest BCUT2D eigenvalue weighted by molar-refractivity contribution is -0.141. The molecule has 24 heavy (non-hydrogen) atoms. The predicted octanol–water partition coefficient (Wildman–Crippen LogP) is 0.630. The first-order chi connectivity index (χ1) is 11.4. The van der Waals surface area contributed by atoms with Crippen molar-refractivity contribution in [2.24, 2.45) is 11.3 Å². The SMILES string of the molecule is CC(=O)N1CCC[C@]2(C(=O)N(C)C)CN(c3ncccn3)C[C@@H]2C1. The Hall–Kier alpha value is -2.18. The van der Waals surface area contributed by atoms with Crippen molar-refractivity contribution in [1.82, 2.24) is 19.8 Å². The molecule has 7 nitrogen and oxygen atoms in total. The molecule has 1 aromatic rings. The number of aromatic nitrogens is 2. The van der Waals surface area contributed by atoms with Gasteiger partial charge in [0.1, 0.15) is 0 Å². The molecule has 0 N–H and O–H groups in total. The second-order valence-corrected chi connectivity index (χ2v) is 7.05. The van der Waals surface area contributed by atoms with Crippen LogP contribution in [0.2, 0.25) is 0 Å². The number of likely N-dealkylation sites (tertiary alicyclic amines) is 1. The van der Waals surface area contributed by atoms with Crippen molar-refractivity contribution in [3.63, 3.8) is 0 Å². The third kappa shape index (κ3) is 2.83. The highest BCUT2D eigenvalue weighted by molar-refractivity contribution is 5.84. The highest BCUT2D eigenvalue weighted by Crippen LogP contribution is 2.44. The van der Waals surface area contributed by atoms with E-state index in [1.54, 1.807) is 30.3 Å². The number of amides is 2. The summed E-state index contributed by atoms with van der Waals surface area (Å²) in [4.78, 5) is 39.3. The van der Waals surface area contributed by atoms with E-state index in [9.17, 15) is 9.59 Å². The fourth-order valence-electron chi connectivity index (χ4n) is 4.12. The molecule has 0 spiro atoms. The first-order valence-corrected chi connectivity index (χ1v) is 8.43. The molecule has 2 fully saturated rings. The van der Waals surface area contributed by atoms with E-state index in [0.29, 0.717) is 25.6 Å². The number of fused-ring (bicyclic) bond motifs is 1. The fourth-order valence-corrected chi connectivity index (χ4v) is 4.12. The zero-order valence-electron chi connectivity index (χ0n) is 14.6. The Kier molecular flexibility index (Phi) is 4.43. The van der Waals surface area contributed by atoms with Crippen LogP contribution < -0.4 is 4.90 Å². The molecule has 2 atom stereocenters. The molecule has 7 heteroatoms. The molecule has 0 unspecified atom stereocenters. The van der Waals surface area contributed by atoms with Gasteiger partial charge in [0.15, 0.2) is 0 Å². The molecule has 3 heterocycles. The molecule has 0 radical (unpaired) electrons. The van der Waals surface area contributed by atoms with Gasteiger partial charge in [0.05, 0.1) is 5.41 Å². The highest BCUT2D eigenvalue weighted by atomic mass is 16.2. The second kappa shape index (κ2) is 6.37. The largest absolute Gasteiger partial charge is 0.348 e. The Bertz CT molecular complexity index is 621. The normalized spacial score (nSPS) is 26.7. The Morgan fingerprint density at radius 3 is 2.58 bits per heavy atom. The maximum Gasteiger partial charge on any atom is 0.230 e. The van der Waals surface area contributed by atoms with E-state index in [1.165, 1.54) is 0 Å². The van der Waals surface area contributed by atoms with Crippen LogP contribution in [0.15, 0.2) is 18.5 Å². The van der Waals surface area contributed by atoms with Gasteiger partial charge in [0, 0.05) is 65.5 Å². The molecule has 2 amide bonds. The second-order valence-electron chi connectivity index (χ2n) is 7.05. The molecule has 2 aliphatic heterocycles. The number of rotatable bonds is 2. The van der Waals surface area contributed by atoms with Crippen LogP contribution in [0.3, 0.4) is 0 Å². The van der Waals surface area contributed by atoms with E-state index >= 15 is 0 Å². The van der Waals surface area contributed by atoms with Gasteiger partial charge in [-0.15, -0.1) is 0 Å². The first kappa shape index (κ1) is 16.7. The van der Waals surface area contributed by atoms with E-state index in [4.69, 9.17) is 0 Å². The average molecular weight is 331 g/mol. The van der Waals surface area contributed by atoms with Crippen molar-refractivity contribution in [2.75, 3.05) is 45.2 Å². The number of carbonyl (C=O) groups excluding carboxylic acids is 2. The van der Waals surface area contributed by atoms with Crippen LogP contribution in [0.4, 0.5) is 5.95 Å². The van der Waals surface area contributed by atoms with E-state index in [-0.39, 0.29) is 17.7 Å². The molecule has 0 saturated carbocycles. The smallest absolute Gasteiger partial charge is 0.230 e. The number of carbonyl (C=O) groups is 2. The van der Waals surface area contributed by atoms with E-state index in [1.807, 2.05) is 19.0 Å². The van der Waals surface area contributed by atoms with Crippen LogP contribution in [-0.4, -0.2) is 71.9 Å². The lowest BCUT2D eigenvalue weighted by atomic mass is 9.74. The standard InChI is InChI=1S/C17H25N5O2/c1-13(23)21-9-4-6-17(15(24)20(2)3)12-22(11-14(17)10-21)16-18-7-5-8-19-16/h5,7-8,14H,4,6,9-12H2,1-3H3/t14-,17-/m0/s1. The molecule has 2 aliphatic rings. The minimum Gasteiger partial charge on any atom is -0.348 e. The van der Waals surface area contributed by atoms with Crippen LogP contribution >= 0.6 is 0 Å². The van der Waals surface area contributed by atoms with E-state index in [0.717, 1.165) is 19.4 Å². The third-order valence-electron chi connectivity index (χ3n) is 5.30. The summed E-state index contributed by atoms with van der Waals surface area (Å²) in [5.74, 6) is 0.988. The van der Waals surface area contributed by atoms with Gasteiger partial charge in [0.2, 0.25) is 17.8 Å². The molecule has 130 valence electrons. The van der Waals surface area contributed by atoms with Crippen molar-refractivity contribution in [1.29, 1.82) is 0 Å². The average Bonchev–Trinajstić information content (AvgIpc) is 2.83. The van der Waals surface area contributed by atoms with Crippen molar-refractivity contribution in [2.45, 2.75) is 19.8 Å². The fraction of sp³-hybridized carbons (Fsp3) is 0.647. The molecule has 0 bridgehead atoms. The van der Waals surface area contributed by atoms with Gasteiger partial charge in [0.25, 0.3) is 0 Å². The lowest BCUT2D eigenvalue weighted by Crippen LogP contribution is -2.47. The van der Waals surface area contributed by atoms with Gasteiger partial charge < -0.3 is 14.7 Å². The summed E-state index contributed by atoms with van der Waals surface area (Å²) in [7, 11) is 3.62. The monoisotopic (exact) mass is 331 g/mol. The molecule has 0 aliphatic carbocycles. The Labute approximate surface area is 142 Å². The summed E-state index contributed by atoms with van der Waals surface area (Å²) in [5, 5.41) is 0. The topological polar surface area (TPSA) is 69.6 Å². The Morgan fingerprint density at radius 2 is 1.96 bits per heavy atom. The number of anilines is 1. The summed E-state index contributed by atoms with van der Waals surface area (Å²) < 4.78 is 0. The Balaban J connectivity index is 1.94. The van der Waals surface area contributed by atoms with Gasteiger partial charge >= 0.3 is 0 Å². The summed E-state index contributed by atoms with van der Waals surface area (Å²) in [6, 6.07) is 1.79. The van der Waals surface area contributed by atoms with Crippen LogP contribution in [0.1, 0.15) is 19.8 Å². The molecule has 3 rings (SSSR count). The van der Waals surface area contributed by atoms with Crippen molar-refractivity contribution in [3.8, 4) is 0 Å². The Morgan fingerprint density at radius 1 is 1.25 bits per heavy atom. The predicted molar refractivity (Wildman–Crippen MR) is 90.4 cm³/mol. The maximum atomic E-state index is 13.1. The molecule has 2 saturated heterocycles. The molecule has 1 aromatic heterocycles. The summed E-state index contributed by atoms with van der Waals surface area (Å²) in [6.07, 6.45) is 5.08. The summed E-state index contributed by atoms with van der Waals surface area (Å²) in [6.45, 7) is 4.28. The zero-order chi connectivity index (χ0) is 17.3. The summed E-state index contributed by atoms with van der Waals surface area (Å²) in [5.41, 5.74) is -0.465. The molecular formula is C17H25N5O2. The van der Waals surface area contributed by atoms with Crippen LogP contribution in [0.5, 0.6) is 0 Å². The highest BCUT2D eigenvalue weighted by Gasteiger charge is 2.54. The van der Waals surface area contributed by atoms with Crippen LogP contribution in [-0.2, 0) is 9.59 Å². The molecular weight excluding hydrogens is 306 g/mol. The van der Waals surface area contributed by atoms with E-state index < -0.39 is 5.41 Å². The minimum absolute atomic E-state index is 0.0810. The lowest BCUT2D eigenvalue weighted by Gasteiger charge is -2.34.